The first-order valence-electron chi connectivity index (χ1n) is 10.8. The maximum atomic E-state index is 12.7. The van der Waals surface area contributed by atoms with Crippen molar-refractivity contribution in [3.8, 4) is 0 Å². The van der Waals surface area contributed by atoms with Crippen molar-refractivity contribution < 1.29 is 14.1 Å². The number of piperazine rings is 1. The van der Waals surface area contributed by atoms with Crippen LogP contribution >= 0.6 is 0 Å². The van der Waals surface area contributed by atoms with Gasteiger partial charge in [0.1, 0.15) is 0 Å². The maximum absolute atomic E-state index is 12.7. The normalized spacial score (nSPS) is 14.8. The van der Waals surface area contributed by atoms with E-state index < -0.39 is 0 Å². The van der Waals surface area contributed by atoms with Crippen LogP contribution in [0.2, 0.25) is 0 Å². The van der Waals surface area contributed by atoms with Crippen LogP contribution in [0.15, 0.2) is 28.8 Å². The molecular formula is C23H32N4O3. The minimum Gasteiger partial charge on any atom is -0.339 e. The van der Waals surface area contributed by atoms with Crippen LogP contribution in [0.3, 0.4) is 0 Å². The average molecular weight is 413 g/mol. The summed E-state index contributed by atoms with van der Waals surface area (Å²) in [7, 11) is 0. The third-order valence-corrected chi connectivity index (χ3v) is 5.45. The molecule has 0 unspecified atom stereocenters. The van der Waals surface area contributed by atoms with Crippen molar-refractivity contribution in [2.75, 3.05) is 26.2 Å². The maximum Gasteiger partial charge on any atom is 0.253 e. The van der Waals surface area contributed by atoms with Gasteiger partial charge in [0.05, 0.1) is 0 Å². The number of nitrogens with zero attached hydrogens (tertiary/aromatic N) is 4. The summed E-state index contributed by atoms with van der Waals surface area (Å²) in [6, 6.07) is 7.78. The standard InChI is InChI=1S/C23H32N4O3/c1-5-17-9-11-18(12-10-17)21(29)27-15-13-26(14-16-27)20(28)8-6-7-19-24-22(25-30-19)23(2,3)4/h9-12H,5-8,13-16H2,1-4H3. The smallest absolute Gasteiger partial charge is 0.253 e. The Bertz CT molecular complexity index is 859. The van der Waals surface area contributed by atoms with Gasteiger partial charge >= 0.3 is 0 Å². The lowest BCUT2D eigenvalue weighted by Crippen LogP contribution is -2.50. The number of aryl methyl sites for hydroxylation is 2. The van der Waals surface area contributed by atoms with E-state index in [1.807, 2.05) is 54.8 Å². The first-order chi connectivity index (χ1) is 14.3. The van der Waals surface area contributed by atoms with Crippen molar-refractivity contribution in [1.82, 2.24) is 19.9 Å². The van der Waals surface area contributed by atoms with Gasteiger partial charge < -0.3 is 14.3 Å². The predicted octanol–water partition coefficient (Wildman–Crippen LogP) is 3.24. The zero-order valence-electron chi connectivity index (χ0n) is 18.5. The molecule has 0 saturated carbocycles. The molecule has 0 atom stereocenters. The van der Waals surface area contributed by atoms with Crippen LogP contribution < -0.4 is 0 Å². The molecule has 2 aromatic rings. The molecule has 2 heterocycles. The molecule has 1 aliphatic heterocycles. The molecule has 0 aliphatic carbocycles. The van der Waals surface area contributed by atoms with E-state index in [0.717, 1.165) is 6.42 Å². The van der Waals surface area contributed by atoms with Gasteiger partial charge in [-0.15, -0.1) is 0 Å². The summed E-state index contributed by atoms with van der Waals surface area (Å²) in [6.07, 6.45) is 2.67. The Kier molecular flexibility index (Phi) is 6.90. The van der Waals surface area contributed by atoms with E-state index in [-0.39, 0.29) is 17.2 Å². The molecule has 7 nitrogen and oxygen atoms in total. The predicted molar refractivity (Wildman–Crippen MR) is 114 cm³/mol. The van der Waals surface area contributed by atoms with Crippen molar-refractivity contribution >= 4 is 11.8 Å². The highest BCUT2D eigenvalue weighted by Crippen LogP contribution is 2.19. The molecule has 30 heavy (non-hydrogen) atoms. The minimum atomic E-state index is -0.146. The van der Waals surface area contributed by atoms with Crippen molar-refractivity contribution in [1.29, 1.82) is 0 Å². The molecule has 1 aliphatic rings. The molecule has 1 aromatic carbocycles. The summed E-state index contributed by atoms with van der Waals surface area (Å²) in [5.41, 5.74) is 1.78. The van der Waals surface area contributed by atoms with Gasteiger partial charge in [-0.1, -0.05) is 45.0 Å². The van der Waals surface area contributed by atoms with Crippen LogP contribution in [0.4, 0.5) is 0 Å². The Labute approximate surface area is 178 Å². The van der Waals surface area contributed by atoms with Crippen molar-refractivity contribution in [2.45, 2.75) is 58.8 Å². The van der Waals surface area contributed by atoms with E-state index in [2.05, 4.69) is 17.1 Å². The van der Waals surface area contributed by atoms with Crippen molar-refractivity contribution in [3.05, 3.63) is 47.1 Å². The quantitative estimate of drug-likeness (QED) is 0.728. The van der Waals surface area contributed by atoms with E-state index in [1.54, 1.807) is 0 Å². The zero-order valence-corrected chi connectivity index (χ0v) is 18.5. The van der Waals surface area contributed by atoms with Gasteiger partial charge in [-0.25, -0.2) is 0 Å². The van der Waals surface area contributed by atoms with Crippen LogP contribution in [0.25, 0.3) is 0 Å². The average Bonchev–Trinajstić information content (AvgIpc) is 3.23. The fourth-order valence-corrected chi connectivity index (χ4v) is 3.43. The van der Waals surface area contributed by atoms with Crippen LogP contribution in [-0.4, -0.2) is 57.9 Å². The van der Waals surface area contributed by atoms with Gasteiger partial charge in [0, 0.05) is 50.0 Å². The first-order valence-corrected chi connectivity index (χ1v) is 10.8. The Morgan fingerprint density at radius 3 is 2.23 bits per heavy atom. The van der Waals surface area contributed by atoms with Crippen molar-refractivity contribution in [3.63, 3.8) is 0 Å². The second-order valence-corrected chi connectivity index (χ2v) is 8.84. The molecule has 1 aromatic heterocycles. The summed E-state index contributed by atoms with van der Waals surface area (Å²) in [4.78, 5) is 33.3. The SMILES string of the molecule is CCc1ccc(C(=O)N2CCN(C(=O)CCCc3nc(C(C)(C)C)no3)CC2)cc1. The molecule has 7 heteroatoms. The lowest BCUT2D eigenvalue weighted by atomic mass is 9.96. The number of carbonyl (C=O) groups is 2. The monoisotopic (exact) mass is 412 g/mol. The Morgan fingerprint density at radius 1 is 1.03 bits per heavy atom. The van der Waals surface area contributed by atoms with E-state index in [1.165, 1.54) is 5.56 Å². The third-order valence-electron chi connectivity index (χ3n) is 5.45. The topological polar surface area (TPSA) is 79.5 Å². The number of carbonyl (C=O) groups excluding carboxylic acids is 2. The number of benzene rings is 1. The summed E-state index contributed by atoms with van der Waals surface area (Å²) in [6.45, 7) is 10.5. The van der Waals surface area contributed by atoms with Gasteiger partial charge in [0.25, 0.3) is 5.91 Å². The second-order valence-electron chi connectivity index (χ2n) is 8.84. The summed E-state index contributed by atoms with van der Waals surface area (Å²) < 4.78 is 5.29. The Morgan fingerprint density at radius 2 is 1.67 bits per heavy atom. The number of rotatable bonds is 6. The molecular weight excluding hydrogens is 380 g/mol. The number of hydrogen-bond donors (Lipinski definition) is 0. The number of amides is 2. The molecule has 3 rings (SSSR count). The number of hydrogen-bond acceptors (Lipinski definition) is 5. The van der Waals surface area contributed by atoms with E-state index in [4.69, 9.17) is 4.52 Å². The lowest BCUT2D eigenvalue weighted by Gasteiger charge is -2.35. The van der Waals surface area contributed by atoms with Gasteiger partial charge in [0.15, 0.2) is 5.82 Å². The summed E-state index contributed by atoms with van der Waals surface area (Å²) in [5.74, 6) is 1.42. The second kappa shape index (κ2) is 9.41. The minimum absolute atomic E-state index is 0.0378. The van der Waals surface area contributed by atoms with Gasteiger partial charge in [-0.2, -0.15) is 4.98 Å². The highest BCUT2D eigenvalue weighted by atomic mass is 16.5. The summed E-state index contributed by atoms with van der Waals surface area (Å²) in [5, 5.41) is 4.02. The molecule has 1 saturated heterocycles. The highest BCUT2D eigenvalue weighted by molar-refractivity contribution is 5.94. The molecule has 0 spiro atoms. The van der Waals surface area contributed by atoms with Gasteiger partial charge in [-0.3, -0.25) is 9.59 Å². The molecule has 1 fully saturated rings. The van der Waals surface area contributed by atoms with Crippen LogP contribution in [0.5, 0.6) is 0 Å². The van der Waals surface area contributed by atoms with Gasteiger partial charge in [-0.05, 0) is 30.5 Å². The summed E-state index contributed by atoms with van der Waals surface area (Å²) >= 11 is 0. The number of aromatic nitrogens is 2. The van der Waals surface area contributed by atoms with Gasteiger partial charge in [0.2, 0.25) is 11.8 Å². The van der Waals surface area contributed by atoms with Crippen LogP contribution in [-0.2, 0) is 23.1 Å². The molecule has 0 radical (unpaired) electrons. The van der Waals surface area contributed by atoms with Crippen LogP contribution in [0.1, 0.15) is 68.2 Å². The largest absolute Gasteiger partial charge is 0.339 e. The lowest BCUT2D eigenvalue weighted by molar-refractivity contribution is -0.132. The first kappa shape index (κ1) is 22.0. The van der Waals surface area contributed by atoms with Crippen LogP contribution in [0, 0.1) is 0 Å². The third kappa shape index (κ3) is 5.46. The molecule has 0 N–H and O–H groups in total. The molecule has 162 valence electrons. The van der Waals surface area contributed by atoms with E-state index in [9.17, 15) is 9.59 Å². The zero-order chi connectivity index (χ0) is 21.7. The van der Waals surface area contributed by atoms with E-state index in [0.29, 0.717) is 62.7 Å². The highest BCUT2D eigenvalue weighted by Gasteiger charge is 2.25. The molecule has 0 bridgehead atoms. The Balaban J connectivity index is 1.42. The molecule has 2 amide bonds. The fourth-order valence-electron chi connectivity index (χ4n) is 3.43. The Hall–Kier alpha value is -2.70. The van der Waals surface area contributed by atoms with E-state index >= 15 is 0 Å². The fraction of sp³-hybridized carbons (Fsp3) is 0.565. The van der Waals surface area contributed by atoms with Crippen molar-refractivity contribution in [2.24, 2.45) is 0 Å².